The molecule has 17 heavy (non-hydrogen) atoms. The molecule has 0 amide bonds. The van der Waals surface area contributed by atoms with Crippen molar-refractivity contribution in [2.24, 2.45) is 0 Å². The number of rotatable bonds is 5. The first-order chi connectivity index (χ1) is 7.88. The lowest BCUT2D eigenvalue weighted by Gasteiger charge is -2.13. The van der Waals surface area contributed by atoms with E-state index in [9.17, 15) is 13.2 Å². The van der Waals surface area contributed by atoms with Gasteiger partial charge in [0, 0.05) is 4.47 Å². The summed E-state index contributed by atoms with van der Waals surface area (Å²) in [5, 5.41) is 8.81. The molecule has 94 valence electrons. The predicted octanol–water partition coefficient (Wildman–Crippen LogP) is 1.59. The lowest BCUT2D eigenvalue weighted by Crippen LogP contribution is -2.40. The molecule has 1 aromatic rings. The highest BCUT2D eigenvalue weighted by Crippen LogP contribution is 2.21. The Morgan fingerprint density at radius 1 is 1.47 bits per heavy atom. The molecular weight excluding hydrogens is 310 g/mol. The first kappa shape index (κ1) is 14.1. The van der Waals surface area contributed by atoms with Gasteiger partial charge in [-0.1, -0.05) is 19.1 Å². The molecule has 0 aliphatic heterocycles. The van der Waals surface area contributed by atoms with E-state index in [2.05, 4.69) is 20.7 Å². The molecule has 0 bridgehead atoms. The van der Waals surface area contributed by atoms with Gasteiger partial charge in [0.25, 0.3) is 0 Å². The Labute approximate surface area is 108 Å². The Morgan fingerprint density at radius 2 is 2.06 bits per heavy atom. The molecule has 0 radical (unpaired) electrons. The number of hydrogen-bond acceptors (Lipinski definition) is 3. The van der Waals surface area contributed by atoms with E-state index in [1.807, 2.05) is 0 Å². The molecule has 2 N–H and O–H groups in total. The smallest absolute Gasteiger partial charge is 0.321 e. The summed E-state index contributed by atoms with van der Waals surface area (Å²) in [4.78, 5) is 10.8. The summed E-state index contributed by atoms with van der Waals surface area (Å²) in [5.74, 6) is -1.19. The molecule has 0 heterocycles. The van der Waals surface area contributed by atoms with Gasteiger partial charge in [-0.2, -0.15) is 4.72 Å². The fourth-order valence-electron chi connectivity index (χ4n) is 1.22. The van der Waals surface area contributed by atoms with Crippen LogP contribution in [-0.4, -0.2) is 25.5 Å². The topological polar surface area (TPSA) is 83.5 Å². The molecule has 5 nitrogen and oxygen atoms in total. The summed E-state index contributed by atoms with van der Waals surface area (Å²) in [7, 11) is -3.82. The van der Waals surface area contributed by atoms with Crippen molar-refractivity contribution >= 4 is 31.9 Å². The summed E-state index contributed by atoms with van der Waals surface area (Å²) < 4.78 is 26.4. The zero-order chi connectivity index (χ0) is 13.1. The van der Waals surface area contributed by atoms with Crippen LogP contribution in [0, 0.1) is 0 Å². The van der Waals surface area contributed by atoms with Gasteiger partial charge in [0.15, 0.2) is 0 Å². The van der Waals surface area contributed by atoms with Crippen LogP contribution in [0.25, 0.3) is 0 Å². The van der Waals surface area contributed by atoms with Gasteiger partial charge in [-0.3, -0.25) is 4.79 Å². The Hall–Kier alpha value is -0.920. The first-order valence-corrected chi connectivity index (χ1v) is 7.15. The maximum atomic E-state index is 11.9. The molecule has 0 aliphatic rings. The first-order valence-electron chi connectivity index (χ1n) is 4.88. The standard InChI is InChI=1S/C10H12BrNO4S/c1-2-8(10(13)14)12-17(15,16)9-6-4-3-5-7(9)11/h3-6,8,12H,2H2,1H3,(H,13,14). The van der Waals surface area contributed by atoms with Crippen molar-refractivity contribution < 1.29 is 18.3 Å². The summed E-state index contributed by atoms with van der Waals surface area (Å²) in [5.41, 5.74) is 0. The lowest BCUT2D eigenvalue weighted by molar-refractivity contribution is -0.139. The van der Waals surface area contributed by atoms with Crippen LogP contribution in [0.15, 0.2) is 33.6 Å². The summed E-state index contributed by atoms with van der Waals surface area (Å²) in [6.07, 6.45) is 0.180. The van der Waals surface area contributed by atoms with Gasteiger partial charge in [0.1, 0.15) is 6.04 Å². The summed E-state index contributed by atoms with van der Waals surface area (Å²) in [6.45, 7) is 1.60. The van der Waals surface area contributed by atoms with Gasteiger partial charge in [-0.05, 0) is 34.5 Å². The third-order valence-electron chi connectivity index (χ3n) is 2.13. The number of benzene rings is 1. The minimum absolute atomic E-state index is 0.0275. The number of sulfonamides is 1. The highest BCUT2D eigenvalue weighted by molar-refractivity contribution is 9.10. The van der Waals surface area contributed by atoms with Crippen LogP contribution in [0.4, 0.5) is 0 Å². The van der Waals surface area contributed by atoms with Crippen molar-refractivity contribution in [2.75, 3.05) is 0 Å². The second-order valence-corrected chi connectivity index (χ2v) is 5.89. The number of hydrogen-bond donors (Lipinski definition) is 2. The summed E-state index contributed by atoms with van der Waals surface area (Å²) in [6, 6.07) is 5.11. The van der Waals surface area contributed by atoms with E-state index in [0.717, 1.165) is 0 Å². The molecule has 0 saturated carbocycles. The minimum Gasteiger partial charge on any atom is -0.480 e. The molecule has 1 aromatic carbocycles. The van der Waals surface area contributed by atoms with Crippen LogP contribution in [-0.2, 0) is 14.8 Å². The molecule has 0 fully saturated rings. The Morgan fingerprint density at radius 3 is 2.53 bits per heavy atom. The van der Waals surface area contributed by atoms with Crippen molar-refractivity contribution in [1.29, 1.82) is 0 Å². The highest BCUT2D eigenvalue weighted by atomic mass is 79.9. The maximum Gasteiger partial charge on any atom is 0.321 e. The normalized spacial score (nSPS) is 13.3. The number of halogens is 1. The average Bonchev–Trinajstić information content (AvgIpc) is 2.26. The lowest BCUT2D eigenvalue weighted by atomic mass is 10.2. The Balaban J connectivity index is 3.05. The fraction of sp³-hybridized carbons (Fsp3) is 0.300. The van der Waals surface area contributed by atoms with Crippen LogP contribution in [0.5, 0.6) is 0 Å². The molecule has 0 saturated heterocycles. The number of nitrogens with one attached hydrogen (secondary N) is 1. The monoisotopic (exact) mass is 321 g/mol. The average molecular weight is 322 g/mol. The molecule has 7 heteroatoms. The third kappa shape index (κ3) is 3.52. The fourth-order valence-corrected chi connectivity index (χ4v) is 3.50. The molecule has 1 unspecified atom stereocenters. The van der Waals surface area contributed by atoms with Gasteiger partial charge in [-0.25, -0.2) is 8.42 Å². The molecule has 1 rings (SSSR count). The molecule has 0 spiro atoms. The van der Waals surface area contributed by atoms with E-state index >= 15 is 0 Å². The highest BCUT2D eigenvalue weighted by Gasteiger charge is 2.24. The number of carboxylic acid groups (broad SMARTS) is 1. The zero-order valence-corrected chi connectivity index (χ0v) is 11.5. The number of carbonyl (C=O) groups is 1. The summed E-state index contributed by atoms with van der Waals surface area (Å²) >= 11 is 3.11. The van der Waals surface area contributed by atoms with E-state index in [0.29, 0.717) is 4.47 Å². The van der Waals surface area contributed by atoms with E-state index in [4.69, 9.17) is 5.11 Å². The molecule has 0 aromatic heterocycles. The van der Waals surface area contributed by atoms with Crippen molar-refractivity contribution in [2.45, 2.75) is 24.3 Å². The quantitative estimate of drug-likeness (QED) is 0.862. The van der Waals surface area contributed by atoms with Gasteiger partial charge >= 0.3 is 5.97 Å². The van der Waals surface area contributed by atoms with E-state index < -0.39 is 22.0 Å². The van der Waals surface area contributed by atoms with Crippen molar-refractivity contribution in [3.63, 3.8) is 0 Å². The number of aliphatic carboxylic acids is 1. The van der Waals surface area contributed by atoms with Crippen LogP contribution < -0.4 is 4.72 Å². The minimum atomic E-state index is -3.82. The molecule has 0 aliphatic carbocycles. The van der Waals surface area contributed by atoms with Gasteiger partial charge in [0.05, 0.1) is 4.90 Å². The van der Waals surface area contributed by atoms with Crippen LogP contribution >= 0.6 is 15.9 Å². The zero-order valence-electron chi connectivity index (χ0n) is 9.05. The second-order valence-electron chi connectivity index (χ2n) is 3.35. The van der Waals surface area contributed by atoms with Gasteiger partial charge in [-0.15, -0.1) is 0 Å². The van der Waals surface area contributed by atoms with Crippen LogP contribution in [0.1, 0.15) is 13.3 Å². The van der Waals surface area contributed by atoms with Crippen molar-refractivity contribution in [3.05, 3.63) is 28.7 Å². The van der Waals surface area contributed by atoms with Crippen molar-refractivity contribution in [3.8, 4) is 0 Å². The molecule has 1 atom stereocenters. The van der Waals surface area contributed by atoms with Crippen LogP contribution in [0.3, 0.4) is 0 Å². The SMILES string of the molecule is CCC(NS(=O)(=O)c1ccccc1Br)C(=O)O. The third-order valence-corrected chi connectivity index (χ3v) is 4.61. The van der Waals surface area contributed by atoms with E-state index in [-0.39, 0.29) is 11.3 Å². The van der Waals surface area contributed by atoms with Crippen molar-refractivity contribution in [1.82, 2.24) is 4.72 Å². The van der Waals surface area contributed by atoms with E-state index in [1.54, 1.807) is 25.1 Å². The second kappa shape index (κ2) is 5.61. The number of carboxylic acids is 1. The largest absolute Gasteiger partial charge is 0.480 e. The Bertz CT molecular complexity index is 515. The maximum absolute atomic E-state index is 11.9. The van der Waals surface area contributed by atoms with Crippen LogP contribution in [0.2, 0.25) is 0 Å². The molecular formula is C10H12BrNO4S. The van der Waals surface area contributed by atoms with Gasteiger partial charge in [0.2, 0.25) is 10.0 Å². The van der Waals surface area contributed by atoms with Gasteiger partial charge < -0.3 is 5.11 Å². The predicted molar refractivity (Wildman–Crippen MR) is 66.2 cm³/mol. The van der Waals surface area contributed by atoms with E-state index in [1.165, 1.54) is 6.07 Å². The Kier molecular flexibility index (Phi) is 4.67.